The maximum Gasteiger partial charge on any atom is 0.330 e. The zero-order valence-electron chi connectivity index (χ0n) is 10.1. The van der Waals surface area contributed by atoms with E-state index in [0.717, 1.165) is 12.8 Å². The summed E-state index contributed by atoms with van der Waals surface area (Å²) >= 11 is 0. The zero-order chi connectivity index (χ0) is 12.6. The minimum Gasteiger partial charge on any atom is -0.550 e. The molecule has 0 N–H and O–H groups in total. The van der Waals surface area contributed by atoms with Gasteiger partial charge >= 0.3 is 5.97 Å². The van der Waals surface area contributed by atoms with Crippen LogP contribution < -0.4 is 5.11 Å². The third-order valence-electron chi connectivity index (χ3n) is 3.76. The van der Waals surface area contributed by atoms with Crippen molar-refractivity contribution in [2.24, 2.45) is 23.2 Å². The number of rotatable bonds is 5. The molecular formula is C13H17O4-. The fourth-order valence-electron chi connectivity index (χ4n) is 2.20. The zero-order valence-corrected chi connectivity index (χ0v) is 10.1. The van der Waals surface area contributed by atoms with E-state index in [2.05, 4.69) is 0 Å². The summed E-state index contributed by atoms with van der Waals surface area (Å²) in [4.78, 5) is 22.1. The first kappa shape index (κ1) is 12.1. The minimum atomic E-state index is -1.05. The molecule has 2 unspecified atom stereocenters. The van der Waals surface area contributed by atoms with E-state index in [9.17, 15) is 14.7 Å². The third kappa shape index (κ3) is 2.68. The maximum absolute atomic E-state index is 11.3. The fraction of sp³-hybridized carbons (Fsp3) is 0.692. The first-order valence-electron chi connectivity index (χ1n) is 5.98. The monoisotopic (exact) mass is 237 g/mol. The highest BCUT2D eigenvalue weighted by molar-refractivity contribution is 5.82. The predicted molar refractivity (Wildman–Crippen MR) is 58.6 cm³/mol. The Labute approximate surface area is 101 Å². The molecule has 0 aliphatic heterocycles. The first-order chi connectivity index (χ1) is 7.93. The van der Waals surface area contributed by atoms with Gasteiger partial charge in [0.2, 0.25) is 0 Å². The Kier molecular flexibility index (Phi) is 2.98. The van der Waals surface area contributed by atoms with E-state index in [1.807, 2.05) is 13.8 Å². The molecule has 2 aliphatic carbocycles. The number of ether oxygens (including phenoxy) is 1. The van der Waals surface area contributed by atoms with Crippen molar-refractivity contribution in [3.63, 3.8) is 0 Å². The van der Waals surface area contributed by atoms with E-state index in [0.29, 0.717) is 12.5 Å². The maximum atomic E-state index is 11.3. The van der Waals surface area contributed by atoms with Crippen molar-refractivity contribution < 1.29 is 19.4 Å². The summed E-state index contributed by atoms with van der Waals surface area (Å²) in [7, 11) is 0. The van der Waals surface area contributed by atoms with Crippen molar-refractivity contribution in [2.75, 3.05) is 6.61 Å². The first-order valence-corrected chi connectivity index (χ1v) is 5.98. The highest BCUT2D eigenvalue weighted by atomic mass is 16.5. The normalized spacial score (nSPS) is 30.2. The Bertz CT molecular complexity index is 366. The second-order valence-electron chi connectivity index (χ2n) is 5.58. The number of hydrogen-bond donors (Lipinski definition) is 0. The summed E-state index contributed by atoms with van der Waals surface area (Å²) in [5.41, 5.74) is -0.313. The van der Waals surface area contributed by atoms with Crippen molar-refractivity contribution >= 4 is 11.9 Å². The molecule has 94 valence electrons. The van der Waals surface area contributed by atoms with Crippen LogP contribution in [0, 0.1) is 23.2 Å². The van der Waals surface area contributed by atoms with E-state index < -0.39 is 11.9 Å². The summed E-state index contributed by atoms with van der Waals surface area (Å²) in [6.07, 6.45) is 5.26. The Balaban J connectivity index is 1.80. The van der Waals surface area contributed by atoms with Gasteiger partial charge in [0.05, 0.1) is 6.61 Å². The summed E-state index contributed by atoms with van der Waals surface area (Å²) in [6, 6.07) is 0. The number of allylic oxidation sites excluding steroid dienone is 1. The highest BCUT2D eigenvalue weighted by Crippen LogP contribution is 2.58. The fourth-order valence-corrected chi connectivity index (χ4v) is 2.20. The van der Waals surface area contributed by atoms with Gasteiger partial charge in [0, 0.05) is 18.0 Å². The molecule has 0 radical (unpaired) electrons. The highest BCUT2D eigenvalue weighted by Gasteiger charge is 2.56. The van der Waals surface area contributed by atoms with Crippen LogP contribution in [0.2, 0.25) is 0 Å². The van der Waals surface area contributed by atoms with Crippen molar-refractivity contribution in [2.45, 2.75) is 26.7 Å². The molecule has 0 aromatic heterocycles. The number of carboxylic acid groups (broad SMARTS) is 1. The van der Waals surface area contributed by atoms with Crippen LogP contribution in [0.4, 0.5) is 0 Å². The van der Waals surface area contributed by atoms with Gasteiger partial charge in [-0.1, -0.05) is 19.9 Å². The van der Waals surface area contributed by atoms with Crippen LogP contribution in [-0.2, 0) is 14.3 Å². The molecule has 0 aromatic rings. The lowest BCUT2D eigenvalue weighted by Crippen LogP contribution is -2.26. The van der Waals surface area contributed by atoms with Crippen LogP contribution in [-0.4, -0.2) is 18.5 Å². The minimum absolute atomic E-state index is 0.124. The van der Waals surface area contributed by atoms with Gasteiger partial charge < -0.3 is 14.6 Å². The lowest BCUT2D eigenvalue weighted by Gasteiger charge is -2.01. The quantitative estimate of drug-likeness (QED) is 0.516. The van der Waals surface area contributed by atoms with Crippen LogP contribution >= 0.6 is 0 Å². The average Bonchev–Trinajstić information content (AvgIpc) is 3.09. The summed E-state index contributed by atoms with van der Waals surface area (Å²) in [5, 5.41) is 10.8. The molecule has 2 atom stereocenters. The summed E-state index contributed by atoms with van der Waals surface area (Å²) < 4.78 is 5.02. The molecule has 0 aromatic carbocycles. The van der Waals surface area contributed by atoms with E-state index in [4.69, 9.17) is 4.74 Å². The van der Waals surface area contributed by atoms with Crippen molar-refractivity contribution in [3.8, 4) is 0 Å². The lowest BCUT2D eigenvalue weighted by atomic mass is 10.1. The number of carbonyl (C=O) groups is 2. The van der Waals surface area contributed by atoms with Crippen LogP contribution in [0.25, 0.3) is 0 Å². The van der Waals surface area contributed by atoms with Gasteiger partial charge in [0.1, 0.15) is 0 Å². The van der Waals surface area contributed by atoms with Crippen molar-refractivity contribution in [1.29, 1.82) is 0 Å². The number of aliphatic carboxylic acids is 1. The molecule has 2 fully saturated rings. The summed E-state index contributed by atoms with van der Waals surface area (Å²) in [5.74, 6) is -1.50. The van der Waals surface area contributed by atoms with Crippen LogP contribution in [0.1, 0.15) is 26.7 Å². The molecule has 0 spiro atoms. The molecule has 4 heteroatoms. The molecule has 2 aliphatic rings. The molecular weight excluding hydrogens is 220 g/mol. The molecule has 0 saturated heterocycles. The van der Waals surface area contributed by atoms with E-state index in [1.165, 1.54) is 6.08 Å². The van der Waals surface area contributed by atoms with Gasteiger partial charge in [0.25, 0.3) is 0 Å². The van der Waals surface area contributed by atoms with Gasteiger partial charge in [-0.2, -0.15) is 0 Å². The van der Waals surface area contributed by atoms with Crippen molar-refractivity contribution in [1.82, 2.24) is 0 Å². The standard InChI is InChI=1S/C13H18O4/c1-13(2)9(11(13)12(15)16)5-6-10(14)17-7-8-3-4-8/h5-6,8-9,11H,3-4,7H2,1-2H3,(H,15,16)/p-1. The van der Waals surface area contributed by atoms with Gasteiger partial charge in [-0.05, 0) is 30.1 Å². The Morgan fingerprint density at radius 2 is 2.06 bits per heavy atom. The largest absolute Gasteiger partial charge is 0.550 e. The number of carbonyl (C=O) groups excluding carboxylic acids is 2. The van der Waals surface area contributed by atoms with Gasteiger partial charge in [-0.15, -0.1) is 0 Å². The molecule has 0 amide bonds. The number of hydrogen-bond acceptors (Lipinski definition) is 4. The number of carboxylic acids is 1. The second kappa shape index (κ2) is 4.17. The SMILES string of the molecule is CC1(C)C(C=CC(=O)OCC2CC2)C1C(=O)[O-]. The van der Waals surface area contributed by atoms with Gasteiger partial charge in [-0.3, -0.25) is 0 Å². The van der Waals surface area contributed by atoms with E-state index in [-0.39, 0.29) is 17.3 Å². The molecule has 4 nitrogen and oxygen atoms in total. The Morgan fingerprint density at radius 1 is 1.41 bits per heavy atom. The third-order valence-corrected chi connectivity index (χ3v) is 3.76. The number of esters is 1. The Hall–Kier alpha value is -1.32. The Morgan fingerprint density at radius 3 is 2.53 bits per heavy atom. The molecule has 0 bridgehead atoms. The second-order valence-corrected chi connectivity index (χ2v) is 5.58. The summed E-state index contributed by atoms with van der Waals surface area (Å²) in [6.45, 7) is 4.21. The predicted octanol–water partition coefficient (Wildman–Crippen LogP) is 0.518. The molecule has 2 rings (SSSR count). The van der Waals surface area contributed by atoms with Crippen LogP contribution in [0.15, 0.2) is 12.2 Å². The molecule has 17 heavy (non-hydrogen) atoms. The van der Waals surface area contributed by atoms with E-state index >= 15 is 0 Å². The van der Waals surface area contributed by atoms with Crippen LogP contribution in [0.3, 0.4) is 0 Å². The molecule has 2 saturated carbocycles. The average molecular weight is 237 g/mol. The topological polar surface area (TPSA) is 66.4 Å². The van der Waals surface area contributed by atoms with Crippen molar-refractivity contribution in [3.05, 3.63) is 12.2 Å². The van der Waals surface area contributed by atoms with Gasteiger partial charge in [-0.25, -0.2) is 4.79 Å². The molecule has 0 heterocycles. The van der Waals surface area contributed by atoms with Crippen LogP contribution in [0.5, 0.6) is 0 Å². The lowest BCUT2D eigenvalue weighted by molar-refractivity contribution is -0.309. The van der Waals surface area contributed by atoms with Gasteiger partial charge in [0.15, 0.2) is 0 Å². The smallest absolute Gasteiger partial charge is 0.330 e. The van der Waals surface area contributed by atoms with E-state index in [1.54, 1.807) is 6.08 Å².